The van der Waals surface area contributed by atoms with Crippen LogP contribution in [0.1, 0.15) is 49.0 Å². The van der Waals surface area contributed by atoms with Gasteiger partial charge in [-0.2, -0.15) is 13.2 Å². The van der Waals surface area contributed by atoms with Gasteiger partial charge >= 0.3 is 12.1 Å². The molecule has 1 saturated carbocycles. The van der Waals surface area contributed by atoms with Crippen LogP contribution in [0.2, 0.25) is 0 Å². The molecule has 3 N–H and O–H groups in total. The molecule has 4 heterocycles. The average molecular weight is 492 g/mol. The Morgan fingerprint density at radius 2 is 1.92 bits per heavy atom. The van der Waals surface area contributed by atoms with Crippen LogP contribution in [0, 0.1) is 5.92 Å². The Bertz CT molecular complexity index is 1730. The zero-order valence-electron chi connectivity index (χ0n) is 18.2. The number of carbonyl (C=O) groups excluding carboxylic acids is 2. The Kier molecular flexibility index (Phi) is 3.73. The van der Waals surface area contributed by atoms with Gasteiger partial charge in [0.25, 0.3) is 5.91 Å². The average Bonchev–Trinajstić information content (AvgIpc) is 3.14. The minimum atomic E-state index is -4.99. The molecule has 4 aromatic rings. The number of allylic oxidation sites excluding steroid dienone is 2. The fourth-order valence-corrected chi connectivity index (χ4v) is 6.02. The smallest absolute Gasteiger partial charge is 0.432 e. The quantitative estimate of drug-likeness (QED) is 0.387. The van der Waals surface area contributed by atoms with Crippen molar-refractivity contribution in [2.75, 3.05) is 6.54 Å². The number of rotatable bonds is 2. The minimum absolute atomic E-state index is 0.117. The largest absolute Gasteiger partial charge is 0.478 e. The molecular weight excluding hydrogens is 477 g/mol. The van der Waals surface area contributed by atoms with E-state index in [0.29, 0.717) is 6.42 Å². The van der Waals surface area contributed by atoms with Crippen LogP contribution in [0.5, 0.6) is 0 Å². The lowest BCUT2D eigenvalue weighted by molar-refractivity contribution is -0.141. The molecule has 180 valence electrons. The van der Waals surface area contributed by atoms with Crippen molar-refractivity contribution >= 4 is 39.5 Å². The molecule has 7 rings (SSSR count). The van der Waals surface area contributed by atoms with E-state index in [1.54, 1.807) is 6.07 Å². The van der Waals surface area contributed by atoms with Crippen molar-refractivity contribution in [3.63, 3.8) is 0 Å². The molecule has 2 fully saturated rings. The van der Waals surface area contributed by atoms with Crippen LogP contribution >= 0.6 is 0 Å². The SMILES string of the molecule is O=C1C=C2N(C(=O)c3cc4c(cn3)[nH]c3ccccc34)C[C@H]3C[C@@]23c2c1[nH]c(C(F)(F)F)c2C(=O)O. The number of hydrogen-bond donors (Lipinski definition) is 3. The second kappa shape index (κ2) is 6.42. The Morgan fingerprint density at radius 1 is 1.14 bits per heavy atom. The van der Waals surface area contributed by atoms with E-state index >= 15 is 0 Å². The lowest BCUT2D eigenvalue weighted by atomic mass is 9.82. The number of para-hydroxylation sites is 1. The number of piperidine rings is 1. The number of carbonyl (C=O) groups is 3. The number of carboxylic acids is 1. The standard InChI is InChI=1S/C25H15F3N4O4/c26-25(27,28)21-18(23(35)36)19-20(31-21)16(33)6-17-24(19)7-10(24)9-32(17)22(34)14-5-12-11-3-1-2-4-13(11)30-15(12)8-29-14/h1-6,8,10,30-31H,7,9H2,(H,35,36)/t10-,24+/m1/s1. The van der Waals surface area contributed by atoms with Crippen LogP contribution < -0.4 is 0 Å². The molecule has 36 heavy (non-hydrogen) atoms. The van der Waals surface area contributed by atoms with E-state index in [-0.39, 0.29) is 35.1 Å². The first-order valence-electron chi connectivity index (χ1n) is 11.1. The molecule has 3 aromatic heterocycles. The monoisotopic (exact) mass is 492 g/mol. The zero-order chi connectivity index (χ0) is 25.1. The molecule has 1 aromatic carbocycles. The summed E-state index contributed by atoms with van der Waals surface area (Å²) in [4.78, 5) is 49.3. The molecule has 2 aliphatic carbocycles. The number of benzene rings is 1. The molecule has 1 aliphatic heterocycles. The molecule has 2 atom stereocenters. The lowest BCUT2D eigenvalue weighted by Gasteiger charge is -2.28. The third-order valence-corrected chi connectivity index (χ3v) is 7.57. The van der Waals surface area contributed by atoms with Gasteiger partial charge in [-0.15, -0.1) is 0 Å². The molecule has 0 unspecified atom stereocenters. The Morgan fingerprint density at radius 3 is 2.67 bits per heavy atom. The molecule has 0 bridgehead atoms. The van der Waals surface area contributed by atoms with Crippen LogP contribution in [0.25, 0.3) is 21.8 Å². The van der Waals surface area contributed by atoms with Crippen LogP contribution in [0.15, 0.2) is 48.3 Å². The fourth-order valence-electron chi connectivity index (χ4n) is 6.02. The number of aromatic carboxylic acids is 1. The molecule has 0 radical (unpaired) electrons. The van der Waals surface area contributed by atoms with E-state index in [1.807, 2.05) is 29.2 Å². The highest BCUT2D eigenvalue weighted by atomic mass is 19.4. The maximum absolute atomic E-state index is 13.6. The summed E-state index contributed by atoms with van der Waals surface area (Å²) in [5.74, 6) is -3.37. The Labute approximate surface area is 199 Å². The van der Waals surface area contributed by atoms with Gasteiger partial charge in [0.1, 0.15) is 11.4 Å². The number of aromatic amines is 2. The van der Waals surface area contributed by atoms with Gasteiger partial charge in [-0.25, -0.2) is 9.78 Å². The molecular formula is C25H15F3N4O4. The summed E-state index contributed by atoms with van der Waals surface area (Å²) < 4.78 is 40.9. The van der Waals surface area contributed by atoms with Crippen molar-refractivity contribution in [1.82, 2.24) is 19.9 Å². The van der Waals surface area contributed by atoms with Gasteiger partial charge in [0, 0.05) is 45.6 Å². The number of H-pyrrole nitrogens is 2. The number of ketones is 1. The first-order valence-corrected chi connectivity index (χ1v) is 11.1. The van der Waals surface area contributed by atoms with Gasteiger partial charge in [0.05, 0.1) is 23.0 Å². The van der Waals surface area contributed by atoms with Gasteiger partial charge in [-0.1, -0.05) is 18.2 Å². The highest BCUT2D eigenvalue weighted by Gasteiger charge is 2.69. The summed E-state index contributed by atoms with van der Waals surface area (Å²) in [6, 6.07) is 9.20. The van der Waals surface area contributed by atoms with Crippen molar-refractivity contribution in [2.45, 2.75) is 18.0 Å². The van der Waals surface area contributed by atoms with Gasteiger partial charge in [0.2, 0.25) is 5.78 Å². The van der Waals surface area contributed by atoms with Crippen molar-refractivity contribution in [3.05, 3.63) is 76.5 Å². The van der Waals surface area contributed by atoms with Crippen LogP contribution in [-0.4, -0.2) is 49.2 Å². The van der Waals surface area contributed by atoms with Crippen LogP contribution in [-0.2, 0) is 11.6 Å². The zero-order valence-corrected chi connectivity index (χ0v) is 18.2. The summed E-state index contributed by atoms with van der Waals surface area (Å²) in [6.07, 6.45) is -1.94. The third-order valence-electron chi connectivity index (χ3n) is 7.57. The highest BCUT2D eigenvalue weighted by molar-refractivity contribution is 6.12. The topological polar surface area (TPSA) is 119 Å². The second-order valence-corrected chi connectivity index (χ2v) is 9.40. The molecule has 11 heteroatoms. The van der Waals surface area contributed by atoms with E-state index in [4.69, 9.17) is 0 Å². The number of pyridine rings is 1. The maximum Gasteiger partial charge on any atom is 0.432 e. The number of fused-ring (bicyclic) bond motifs is 4. The Balaban J connectivity index is 1.34. The number of amides is 1. The Hall–Kier alpha value is -4.41. The highest BCUT2D eigenvalue weighted by Crippen LogP contribution is 2.68. The molecule has 8 nitrogen and oxygen atoms in total. The van der Waals surface area contributed by atoms with Gasteiger partial charge in [-0.3, -0.25) is 9.59 Å². The van der Waals surface area contributed by atoms with Crippen molar-refractivity contribution < 1.29 is 32.7 Å². The number of aromatic nitrogens is 3. The molecule has 1 spiro atoms. The number of halogens is 3. The number of nitrogens with zero attached hydrogens (tertiary/aromatic N) is 2. The van der Waals surface area contributed by atoms with Crippen LogP contribution in [0.4, 0.5) is 13.2 Å². The lowest BCUT2D eigenvalue weighted by Crippen LogP contribution is -2.34. The predicted molar refractivity (Wildman–Crippen MR) is 120 cm³/mol. The first kappa shape index (κ1) is 20.9. The molecule has 1 amide bonds. The number of hydrogen-bond acceptors (Lipinski definition) is 4. The summed E-state index contributed by atoms with van der Waals surface area (Å²) in [5.41, 5.74) is -2.13. The molecule has 3 aliphatic rings. The normalized spacial score (nSPS) is 22.4. The summed E-state index contributed by atoms with van der Waals surface area (Å²) in [5, 5.41) is 11.4. The summed E-state index contributed by atoms with van der Waals surface area (Å²) in [6.45, 7) is 0.149. The maximum atomic E-state index is 13.6. The first-order chi connectivity index (χ1) is 17.1. The second-order valence-electron chi connectivity index (χ2n) is 9.40. The minimum Gasteiger partial charge on any atom is -0.478 e. The predicted octanol–water partition coefficient (Wildman–Crippen LogP) is 4.26. The number of likely N-dealkylation sites (tertiary alicyclic amines) is 1. The fraction of sp³-hybridized carbons (Fsp3) is 0.200. The van der Waals surface area contributed by atoms with Crippen molar-refractivity contribution in [1.29, 1.82) is 0 Å². The van der Waals surface area contributed by atoms with Gasteiger partial charge in [-0.05, 0) is 24.5 Å². The van der Waals surface area contributed by atoms with Gasteiger partial charge in [0.15, 0.2) is 0 Å². The number of nitrogens with one attached hydrogen (secondary N) is 2. The third kappa shape index (κ3) is 2.49. The van der Waals surface area contributed by atoms with E-state index in [0.717, 1.165) is 27.9 Å². The van der Waals surface area contributed by atoms with Crippen molar-refractivity contribution in [3.8, 4) is 0 Å². The van der Waals surface area contributed by atoms with Crippen LogP contribution in [0.3, 0.4) is 0 Å². The van der Waals surface area contributed by atoms with E-state index in [9.17, 15) is 32.7 Å². The van der Waals surface area contributed by atoms with Gasteiger partial charge < -0.3 is 20.0 Å². The summed E-state index contributed by atoms with van der Waals surface area (Å²) in [7, 11) is 0. The van der Waals surface area contributed by atoms with Crippen molar-refractivity contribution in [2.24, 2.45) is 5.92 Å². The molecule has 1 saturated heterocycles. The van der Waals surface area contributed by atoms with E-state index < -0.39 is 40.5 Å². The summed E-state index contributed by atoms with van der Waals surface area (Å²) >= 11 is 0. The number of alkyl halides is 3. The van der Waals surface area contributed by atoms with E-state index in [1.165, 1.54) is 11.1 Å². The van der Waals surface area contributed by atoms with E-state index in [2.05, 4.69) is 9.97 Å². The number of carboxylic acid groups (broad SMARTS) is 1.